The van der Waals surface area contributed by atoms with Crippen LogP contribution in [-0.2, 0) is 0 Å². The van der Waals surface area contributed by atoms with E-state index in [1.165, 1.54) is 0 Å². The zero-order valence-electron chi connectivity index (χ0n) is 9.78. The van der Waals surface area contributed by atoms with Crippen molar-refractivity contribution in [3.05, 3.63) is 58.0 Å². The van der Waals surface area contributed by atoms with Crippen LogP contribution in [0.3, 0.4) is 0 Å². The maximum atomic E-state index is 6.22. The molecular formula is C16H8BrClO. The maximum Gasteiger partial charge on any atom is 0.154 e. The molecule has 1 nitrogen and oxygen atoms in total. The number of fused-ring (bicyclic) bond motifs is 5. The third kappa shape index (κ3) is 1.54. The summed E-state index contributed by atoms with van der Waals surface area (Å²) in [7, 11) is 0. The van der Waals surface area contributed by atoms with E-state index in [0.29, 0.717) is 5.02 Å². The van der Waals surface area contributed by atoms with Crippen molar-refractivity contribution < 1.29 is 4.42 Å². The minimum Gasteiger partial charge on any atom is -0.454 e. The number of halogens is 2. The molecule has 3 aromatic carbocycles. The molecule has 0 fully saturated rings. The van der Waals surface area contributed by atoms with E-state index in [1.54, 1.807) is 0 Å². The first kappa shape index (κ1) is 11.3. The highest BCUT2D eigenvalue weighted by Gasteiger charge is 2.14. The molecule has 1 aromatic heterocycles. The Hall–Kier alpha value is -1.51. The molecular weight excluding hydrogens is 324 g/mol. The summed E-state index contributed by atoms with van der Waals surface area (Å²) < 4.78 is 7.05. The largest absolute Gasteiger partial charge is 0.454 e. The molecule has 0 aliphatic carbocycles. The average Bonchev–Trinajstić information content (AvgIpc) is 2.81. The van der Waals surface area contributed by atoms with E-state index in [4.69, 9.17) is 16.0 Å². The van der Waals surface area contributed by atoms with Gasteiger partial charge in [-0.2, -0.15) is 0 Å². The molecule has 0 amide bonds. The average molecular weight is 332 g/mol. The lowest BCUT2D eigenvalue weighted by molar-refractivity contribution is 0.672. The zero-order chi connectivity index (χ0) is 13.0. The zero-order valence-corrected chi connectivity index (χ0v) is 12.1. The van der Waals surface area contributed by atoms with Gasteiger partial charge in [-0.15, -0.1) is 0 Å². The van der Waals surface area contributed by atoms with Crippen LogP contribution in [0.2, 0.25) is 5.02 Å². The maximum absolute atomic E-state index is 6.22. The van der Waals surface area contributed by atoms with Crippen molar-refractivity contribution in [1.82, 2.24) is 0 Å². The van der Waals surface area contributed by atoms with Gasteiger partial charge < -0.3 is 4.42 Å². The van der Waals surface area contributed by atoms with Crippen molar-refractivity contribution in [2.24, 2.45) is 0 Å². The highest BCUT2D eigenvalue weighted by molar-refractivity contribution is 9.10. The molecule has 0 spiro atoms. The molecule has 92 valence electrons. The second kappa shape index (κ2) is 3.99. The number of hydrogen-bond donors (Lipinski definition) is 0. The Kier molecular flexibility index (Phi) is 2.38. The smallest absolute Gasteiger partial charge is 0.154 e. The fraction of sp³-hybridized carbons (Fsp3) is 0. The third-order valence-corrected chi connectivity index (χ3v) is 4.32. The monoisotopic (exact) mass is 330 g/mol. The van der Waals surface area contributed by atoms with Crippen molar-refractivity contribution >= 4 is 60.2 Å². The molecule has 0 atom stereocenters. The summed E-state index contributed by atoms with van der Waals surface area (Å²) in [5, 5.41) is 5.02. The van der Waals surface area contributed by atoms with Crippen LogP contribution in [-0.4, -0.2) is 0 Å². The van der Waals surface area contributed by atoms with Crippen LogP contribution in [0.1, 0.15) is 0 Å². The molecule has 19 heavy (non-hydrogen) atoms. The highest BCUT2D eigenvalue weighted by atomic mass is 79.9. The van der Waals surface area contributed by atoms with Gasteiger partial charge in [-0.3, -0.25) is 0 Å². The van der Waals surface area contributed by atoms with Crippen LogP contribution in [0.15, 0.2) is 57.4 Å². The van der Waals surface area contributed by atoms with Gasteiger partial charge in [0.05, 0.1) is 5.02 Å². The standard InChI is InChI=1S/C16H8BrClO/c17-12-8-9-4-1-2-5-10(9)16-14(12)11-6-3-7-13(18)15(11)19-16/h1-8H. The molecule has 0 unspecified atom stereocenters. The van der Waals surface area contributed by atoms with Crippen molar-refractivity contribution in [1.29, 1.82) is 0 Å². The van der Waals surface area contributed by atoms with Crippen LogP contribution in [0.4, 0.5) is 0 Å². The quantitative estimate of drug-likeness (QED) is 0.376. The molecule has 0 aliphatic heterocycles. The highest BCUT2D eigenvalue weighted by Crippen LogP contribution is 2.40. The van der Waals surface area contributed by atoms with Crippen molar-refractivity contribution in [3.63, 3.8) is 0 Å². The fourth-order valence-corrected chi connectivity index (χ4v) is 3.40. The van der Waals surface area contributed by atoms with E-state index in [9.17, 15) is 0 Å². The topological polar surface area (TPSA) is 13.1 Å². The van der Waals surface area contributed by atoms with Gasteiger partial charge in [0.1, 0.15) is 5.58 Å². The van der Waals surface area contributed by atoms with Gasteiger partial charge in [0, 0.05) is 20.6 Å². The van der Waals surface area contributed by atoms with E-state index in [2.05, 4.69) is 34.1 Å². The molecule has 0 aliphatic rings. The summed E-state index contributed by atoms with van der Waals surface area (Å²) in [6, 6.07) is 16.1. The number of furan rings is 1. The Bertz CT molecular complexity index is 940. The second-order valence-corrected chi connectivity index (χ2v) is 5.76. The SMILES string of the molecule is Clc1cccc2c1oc1c3ccccc3cc(Br)c21. The molecule has 1 heterocycles. The van der Waals surface area contributed by atoms with Gasteiger partial charge in [-0.05, 0) is 33.4 Å². The Labute approximate surface area is 122 Å². The van der Waals surface area contributed by atoms with Gasteiger partial charge >= 0.3 is 0 Å². The van der Waals surface area contributed by atoms with Crippen LogP contribution in [0, 0.1) is 0 Å². The van der Waals surface area contributed by atoms with Gasteiger partial charge in [0.15, 0.2) is 5.58 Å². The van der Waals surface area contributed by atoms with Gasteiger partial charge in [-0.25, -0.2) is 0 Å². The van der Waals surface area contributed by atoms with E-state index in [-0.39, 0.29) is 0 Å². The van der Waals surface area contributed by atoms with Crippen LogP contribution < -0.4 is 0 Å². The van der Waals surface area contributed by atoms with E-state index in [1.807, 2.05) is 30.3 Å². The molecule has 0 saturated carbocycles. The lowest BCUT2D eigenvalue weighted by Gasteiger charge is -2.00. The number of hydrogen-bond acceptors (Lipinski definition) is 1. The summed E-state index contributed by atoms with van der Waals surface area (Å²) in [5.74, 6) is 0. The van der Waals surface area contributed by atoms with E-state index < -0.39 is 0 Å². The Morgan fingerprint density at radius 2 is 1.68 bits per heavy atom. The van der Waals surface area contributed by atoms with Crippen LogP contribution >= 0.6 is 27.5 Å². The number of para-hydroxylation sites is 1. The molecule has 3 heteroatoms. The van der Waals surface area contributed by atoms with Crippen molar-refractivity contribution in [3.8, 4) is 0 Å². The van der Waals surface area contributed by atoms with Crippen molar-refractivity contribution in [2.75, 3.05) is 0 Å². The molecule has 0 bridgehead atoms. The van der Waals surface area contributed by atoms with E-state index in [0.717, 1.165) is 37.2 Å². The molecule has 0 N–H and O–H groups in total. The van der Waals surface area contributed by atoms with Crippen LogP contribution in [0.5, 0.6) is 0 Å². The minimum absolute atomic E-state index is 0.643. The van der Waals surface area contributed by atoms with Crippen LogP contribution in [0.25, 0.3) is 32.7 Å². The first-order chi connectivity index (χ1) is 9.25. The lowest BCUT2D eigenvalue weighted by Crippen LogP contribution is -1.75. The Balaban J connectivity index is 2.37. The molecule has 4 aromatic rings. The number of rotatable bonds is 0. The number of benzene rings is 3. The molecule has 0 radical (unpaired) electrons. The predicted molar refractivity (Wildman–Crippen MR) is 83.9 cm³/mol. The summed E-state index contributed by atoms with van der Waals surface area (Å²) in [5.41, 5.74) is 1.63. The second-order valence-electron chi connectivity index (χ2n) is 4.50. The summed E-state index contributed by atoms with van der Waals surface area (Å²) in [6.45, 7) is 0. The van der Waals surface area contributed by atoms with Gasteiger partial charge in [-0.1, -0.05) is 48.0 Å². The predicted octanol–water partition coefficient (Wildman–Crippen LogP) is 6.16. The summed E-state index contributed by atoms with van der Waals surface area (Å²) in [6.07, 6.45) is 0. The van der Waals surface area contributed by atoms with Gasteiger partial charge in [0.2, 0.25) is 0 Å². The van der Waals surface area contributed by atoms with Gasteiger partial charge in [0.25, 0.3) is 0 Å². The Morgan fingerprint density at radius 1 is 0.895 bits per heavy atom. The fourth-order valence-electron chi connectivity index (χ4n) is 2.55. The first-order valence-corrected chi connectivity index (χ1v) is 7.11. The minimum atomic E-state index is 0.643. The van der Waals surface area contributed by atoms with Crippen molar-refractivity contribution in [2.45, 2.75) is 0 Å². The first-order valence-electron chi connectivity index (χ1n) is 5.93. The molecule has 0 saturated heterocycles. The normalized spacial score (nSPS) is 11.7. The van der Waals surface area contributed by atoms with E-state index >= 15 is 0 Å². The summed E-state index contributed by atoms with van der Waals surface area (Å²) in [4.78, 5) is 0. The Morgan fingerprint density at radius 3 is 2.58 bits per heavy atom. The molecule has 4 rings (SSSR count). The third-order valence-electron chi connectivity index (χ3n) is 3.39. The summed E-state index contributed by atoms with van der Waals surface area (Å²) >= 11 is 9.86. The lowest BCUT2D eigenvalue weighted by atomic mass is 10.1.